The summed E-state index contributed by atoms with van der Waals surface area (Å²) in [4.78, 5) is 23.4. The van der Waals surface area contributed by atoms with Gasteiger partial charge < -0.3 is 0 Å². The second kappa shape index (κ2) is 3.15. The lowest BCUT2D eigenvalue weighted by molar-refractivity contribution is -0.403. The van der Waals surface area contributed by atoms with Crippen LogP contribution in [-0.4, -0.2) is 40.7 Å². The van der Waals surface area contributed by atoms with E-state index in [1.54, 1.807) is 6.07 Å². The van der Waals surface area contributed by atoms with Gasteiger partial charge in [-0.15, -0.1) is 0 Å². The van der Waals surface area contributed by atoms with Crippen LogP contribution in [0.5, 0.6) is 0 Å². The average Bonchev–Trinajstić information content (AvgIpc) is 2.13. The first-order valence-electron chi connectivity index (χ1n) is 3.48. The van der Waals surface area contributed by atoms with Crippen molar-refractivity contribution in [2.75, 3.05) is 14.1 Å². The lowest BCUT2D eigenvalue weighted by Crippen LogP contribution is -2.50. The molecule has 1 aliphatic rings. The zero-order valence-corrected chi connectivity index (χ0v) is 7.87. The predicted octanol–water partition coefficient (Wildman–Crippen LogP) is -0.00222. The summed E-state index contributed by atoms with van der Waals surface area (Å²) in [6, 6.07) is 1.20. The molecule has 0 saturated heterocycles. The van der Waals surface area contributed by atoms with E-state index in [1.807, 2.05) is 0 Å². The highest BCUT2D eigenvalue weighted by Crippen LogP contribution is 2.13. The van der Waals surface area contributed by atoms with Crippen molar-refractivity contribution in [3.05, 3.63) is 0 Å². The maximum atomic E-state index is 11.3. The molecule has 0 fully saturated rings. The van der Waals surface area contributed by atoms with Crippen molar-refractivity contribution in [1.29, 1.82) is 5.26 Å². The van der Waals surface area contributed by atoms with Gasteiger partial charge in [0.25, 0.3) is 0 Å². The molecule has 0 radical (unpaired) electrons. The van der Waals surface area contributed by atoms with E-state index in [1.165, 1.54) is 14.1 Å². The fourth-order valence-electron chi connectivity index (χ4n) is 1.01. The quantitative estimate of drug-likeness (QED) is 0.517. The van der Waals surface area contributed by atoms with Crippen molar-refractivity contribution in [1.82, 2.24) is 4.90 Å². The molecule has 5 nitrogen and oxygen atoms in total. The Morgan fingerprint density at radius 3 is 2.62 bits per heavy atom. The van der Waals surface area contributed by atoms with E-state index in [9.17, 15) is 9.59 Å². The van der Waals surface area contributed by atoms with Crippen LogP contribution in [0.3, 0.4) is 0 Å². The summed E-state index contributed by atoms with van der Waals surface area (Å²) in [5.74, 6) is -1.65. The fraction of sp³-hybridized carbons (Fsp3) is 0.429. The number of hydrogen-bond donors (Lipinski definition) is 0. The van der Waals surface area contributed by atoms with Gasteiger partial charge in [0.15, 0.2) is 0 Å². The van der Waals surface area contributed by atoms with Crippen LogP contribution in [0, 0.1) is 17.2 Å². The second-order valence-corrected chi connectivity index (χ2v) is 3.01. The number of nitriles is 1. The molecule has 1 aliphatic heterocycles. The summed E-state index contributed by atoms with van der Waals surface area (Å²) in [7, 11) is 2.73. The number of nitrogens with zero attached hydrogens (tertiary/aromatic N) is 3. The number of carbonyl (C=O) groups is 2. The van der Waals surface area contributed by atoms with Gasteiger partial charge in [-0.05, 0) is 11.6 Å². The van der Waals surface area contributed by atoms with Crippen molar-refractivity contribution >= 4 is 28.7 Å². The molecule has 1 atom stereocenters. The first kappa shape index (κ1) is 9.68. The number of rotatable bonds is 0. The largest absolute Gasteiger partial charge is 0.501 e. The van der Waals surface area contributed by atoms with E-state index < -0.39 is 17.9 Å². The Balaban J connectivity index is 3.26. The number of amides is 3. The first-order valence-corrected chi connectivity index (χ1v) is 3.85. The maximum absolute atomic E-state index is 11.3. The number of hydrogen-bond acceptors (Lipinski definition) is 3. The SMILES string of the molecule is CN1C(=O)C(C#N)C(Cl)=[N+](C)C1=O. The minimum absolute atomic E-state index is 0.0457. The summed E-state index contributed by atoms with van der Waals surface area (Å²) < 4.78 is 1.08. The third kappa shape index (κ3) is 1.29. The predicted molar refractivity (Wildman–Crippen MR) is 44.3 cm³/mol. The van der Waals surface area contributed by atoms with Gasteiger partial charge in [0.1, 0.15) is 0 Å². The Morgan fingerprint density at radius 2 is 2.15 bits per heavy atom. The van der Waals surface area contributed by atoms with Gasteiger partial charge >= 0.3 is 11.9 Å². The number of imide groups is 1. The summed E-state index contributed by atoms with van der Waals surface area (Å²) in [6.07, 6.45) is 0. The molecule has 0 aromatic rings. The van der Waals surface area contributed by atoms with Crippen molar-refractivity contribution in [3.63, 3.8) is 0 Å². The lowest BCUT2D eigenvalue weighted by atomic mass is 10.1. The van der Waals surface area contributed by atoms with Crippen LogP contribution in [0.4, 0.5) is 4.79 Å². The van der Waals surface area contributed by atoms with Crippen LogP contribution < -0.4 is 0 Å². The lowest BCUT2D eigenvalue weighted by Gasteiger charge is -2.17. The van der Waals surface area contributed by atoms with Gasteiger partial charge in [0.2, 0.25) is 11.1 Å². The first-order chi connectivity index (χ1) is 6.00. The van der Waals surface area contributed by atoms with E-state index >= 15 is 0 Å². The highest BCUT2D eigenvalue weighted by molar-refractivity contribution is 6.67. The Kier molecular flexibility index (Phi) is 2.34. The highest BCUT2D eigenvalue weighted by atomic mass is 35.5. The minimum Gasteiger partial charge on any atom is -0.245 e. The van der Waals surface area contributed by atoms with E-state index in [0.717, 1.165) is 9.48 Å². The van der Waals surface area contributed by atoms with Crippen molar-refractivity contribution in [2.24, 2.45) is 5.92 Å². The van der Waals surface area contributed by atoms with Crippen LogP contribution in [0.1, 0.15) is 0 Å². The third-order valence-corrected chi connectivity index (χ3v) is 2.31. The van der Waals surface area contributed by atoms with Crippen LogP contribution in [0.15, 0.2) is 0 Å². The molecule has 1 heterocycles. The summed E-state index contributed by atoms with van der Waals surface area (Å²) in [5, 5.41) is 8.57. The summed E-state index contributed by atoms with van der Waals surface area (Å²) >= 11 is 5.64. The fourth-order valence-corrected chi connectivity index (χ4v) is 1.22. The van der Waals surface area contributed by atoms with Gasteiger partial charge in [0.05, 0.1) is 20.2 Å². The van der Waals surface area contributed by atoms with Crippen LogP contribution in [0.25, 0.3) is 0 Å². The molecular formula is C7H7ClN3O2+. The number of carbonyl (C=O) groups excluding carboxylic acids is 2. The van der Waals surface area contributed by atoms with Gasteiger partial charge in [-0.1, -0.05) is 0 Å². The topological polar surface area (TPSA) is 64.2 Å². The molecule has 6 heteroatoms. The van der Waals surface area contributed by atoms with Gasteiger partial charge in [-0.2, -0.15) is 19.5 Å². The van der Waals surface area contributed by atoms with Crippen molar-refractivity contribution in [3.8, 4) is 6.07 Å². The molecule has 1 unspecified atom stereocenters. The minimum atomic E-state index is -1.06. The Bertz CT molecular complexity index is 355. The number of halogens is 1. The van der Waals surface area contributed by atoms with Crippen LogP contribution >= 0.6 is 11.6 Å². The molecule has 0 N–H and O–H groups in total. The standard InChI is InChI=1S/C7H7ClN3O2/c1-10-5(8)4(3-9)6(12)11(2)7(10)13/h4H,1-2H3/q+1. The van der Waals surface area contributed by atoms with E-state index in [-0.39, 0.29) is 5.17 Å². The highest BCUT2D eigenvalue weighted by Gasteiger charge is 2.44. The molecule has 0 saturated carbocycles. The molecule has 13 heavy (non-hydrogen) atoms. The number of urea groups is 1. The molecule has 0 bridgehead atoms. The van der Waals surface area contributed by atoms with Crippen LogP contribution in [0.2, 0.25) is 0 Å². The van der Waals surface area contributed by atoms with Crippen molar-refractivity contribution in [2.45, 2.75) is 0 Å². The summed E-state index contributed by atoms with van der Waals surface area (Å²) in [6.45, 7) is 0. The zero-order valence-electron chi connectivity index (χ0n) is 7.11. The van der Waals surface area contributed by atoms with E-state index in [4.69, 9.17) is 16.9 Å². The molecule has 0 aliphatic carbocycles. The molecule has 3 amide bonds. The third-order valence-electron chi connectivity index (χ3n) is 1.84. The van der Waals surface area contributed by atoms with E-state index in [0.29, 0.717) is 0 Å². The molecule has 0 spiro atoms. The maximum Gasteiger partial charge on any atom is 0.501 e. The van der Waals surface area contributed by atoms with Gasteiger partial charge in [-0.25, -0.2) is 4.79 Å². The van der Waals surface area contributed by atoms with Crippen molar-refractivity contribution < 1.29 is 14.2 Å². The monoisotopic (exact) mass is 200 g/mol. The second-order valence-electron chi connectivity index (χ2n) is 2.62. The van der Waals surface area contributed by atoms with Crippen LogP contribution in [-0.2, 0) is 4.79 Å². The Morgan fingerprint density at radius 1 is 1.62 bits per heavy atom. The Labute approximate surface area is 79.8 Å². The van der Waals surface area contributed by atoms with E-state index in [2.05, 4.69) is 0 Å². The van der Waals surface area contributed by atoms with Gasteiger partial charge in [0, 0.05) is 0 Å². The normalized spacial score (nSPS) is 23.5. The smallest absolute Gasteiger partial charge is 0.245 e. The molecule has 0 aromatic carbocycles. The zero-order chi connectivity index (χ0) is 10.2. The molecule has 0 aromatic heterocycles. The summed E-state index contributed by atoms with van der Waals surface area (Å²) in [5.41, 5.74) is 0. The molecule has 68 valence electrons. The Hall–Kier alpha value is -1.41. The molecule has 1 rings (SSSR count). The molecular weight excluding hydrogens is 194 g/mol. The van der Waals surface area contributed by atoms with Gasteiger partial charge in [-0.3, -0.25) is 0 Å². The average molecular weight is 201 g/mol.